The third-order valence-electron chi connectivity index (χ3n) is 3.11. The molecule has 0 radical (unpaired) electrons. The Balaban J connectivity index is 2.20. The summed E-state index contributed by atoms with van der Waals surface area (Å²) in [6, 6.07) is 6.23. The van der Waals surface area contributed by atoms with E-state index in [-0.39, 0.29) is 24.6 Å². The highest BCUT2D eigenvalue weighted by Gasteiger charge is 2.11. The van der Waals surface area contributed by atoms with Gasteiger partial charge in [0.1, 0.15) is 24.3 Å². The topological polar surface area (TPSA) is 138 Å². The Morgan fingerprint density at radius 3 is 2.43 bits per heavy atom. The standard InChI is InChI=1S/C14H17N3O6/c18-6-11(7-19)23-8-17-14(22)15-13(21)12(16-17)5-9-1-3-10(20)4-2-9/h1-4,11,18-20H,5-8H2,(H,15,21,22). The fraction of sp³-hybridized carbons (Fsp3) is 0.357. The van der Waals surface area contributed by atoms with Crippen molar-refractivity contribution in [2.45, 2.75) is 19.3 Å². The highest BCUT2D eigenvalue weighted by molar-refractivity contribution is 5.28. The number of phenolic OH excluding ortho intramolecular Hbond substituents is 1. The minimum Gasteiger partial charge on any atom is -0.508 e. The van der Waals surface area contributed by atoms with Crippen molar-refractivity contribution < 1.29 is 20.1 Å². The number of hydrogen-bond donors (Lipinski definition) is 4. The summed E-state index contributed by atoms with van der Waals surface area (Å²) in [5.74, 6) is 0.105. The van der Waals surface area contributed by atoms with Crippen LogP contribution in [0.1, 0.15) is 11.3 Å². The Morgan fingerprint density at radius 1 is 1.17 bits per heavy atom. The Morgan fingerprint density at radius 2 is 1.83 bits per heavy atom. The van der Waals surface area contributed by atoms with Gasteiger partial charge in [-0.05, 0) is 17.7 Å². The van der Waals surface area contributed by atoms with Crippen LogP contribution in [0.25, 0.3) is 0 Å². The van der Waals surface area contributed by atoms with Crippen LogP contribution in [-0.2, 0) is 17.9 Å². The van der Waals surface area contributed by atoms with Crippen LogP contribution in [0, 0.1) is 0 Å². The predicted octanol–water partition coefficient (Wildman–Crippen LogP) is -1.44. The van der Waals surface area contributed by atoms with Crippen LogP contribution in [0.4, 0.5) is 0 Å². The van der Waals surface area contributed by atoms with E-state index >= 15 is 0 Å². The second-order valence-electron chi connectivity index (χ2n) is 4.83. The van der Waals surface area contributed by atoms with E-state index in [1.54, 1.807) is 12.1 Å². The Kier molecular flexibility index (Phi) is 5.63. The minimum atomic E-state index is -0.837. The van der Waals surface area contributed by atoms with Crippen molar-refractivity contribution in [2.24, 2.45) is 0 Å². The highest BCUT2D eigenvalue weighted by atomic mass is 16.5. The summed E-state index contributed by atoms with van der Waals surface area (Å²) in [6.07, 6.45) is -0.671. The molecule has 0 atom stereocenters. The molecule has 9 heteroatoms. The molecule has 2 rings (SSSR count). The summed E-state index contributed by atoms with van der Waals surface area (Å²) in [5, 5.41) is 31.0. The lowest BCUT2D eigenvalue weighted by Gasteiger charge is -2.13. The third-order valence-corrected chi connectivity index (χ3v) is 3.11. The molecular formula is C14H17N3O6. The Labute approximate surface area is 130 Å². The van der Waals surface area contributed by atoms with Gasteiger partial charge in [0, 0.05) is 6.42 Å². The lowest BCUT2D eigenvalue weighted by atomic mass is 10.1. The van der Waals surface area contributed by atoms with E-state index in [0.717, 1.165) is 10.2 Å². The van der Waals surface area contributed by atoms with Gasteiger partial charge in [-0.15, -0.1) is 0 Å². The van der Waals surface area contributed by atoms with Crippen LogP contribution < -0.4 is 11.2 Å². The van der Waals surface area contributed by atoms with Gasteiger partial charge in [0.2, 0.25) is 0 Å². The summed E-state index contributed by atoms with van der Waals surface area (Å²) >= 11 is 0. The number of aromatic hydroxyl groups is 1. The van der Waals surface area contributed by atoms with Crippen molar-refractivity contribution in [1.82, 2.24) is 14.8 Å². The molecule has 0 bridgehead atoms. The van der Waals surface area contributed by atoms with E-state index in [0.29, 0.717) is 0 Å². The van der Waals surface area contributed by atoms with Gasteiger partial charge in [-0.1, -0.05) is 12.1 Å². The number of nitrogens with zero attached hydrogens (tertiary/aromatic N) is 2. The molecule has 0 spiro atoms. The molecule has 0 amide bonds. The summed E-state index contributed by atoms with van der Waals surface area (Å²) in [6.45, 7) is -1.13. The van der Waals surface area contributed by atoms with Crippen LogP contribution in [0.15, 0.2) is 33.9 Å². The van der Waals surface area contributed by atoms with Gasteiger partial charge in [0.05, 0.1) is 13.2 Å². The SMILES string of the molecule is O=c1[nH]c(=O)n(COC(CO)CO)nc1Cc1ccc(O)cc1. The molecule has 0 aliphatic heterocycles. The molecule has 1 aromatic carbocycles. The van der Waals surface area contributed by atoms with Crippen molar-refractivity contribution in [2.75, 3.05) is 13.2 Å². The van der Waals surface area contributed by atoms with Crippen molar-refractivity contribution in [1.29, 1.82) is 0 Å². The molecule has 0 fully saturated rings. The van der Waals surface area contributed by atoms with E-state index in [1.165, 1.54) is 12.1 Å². The van der Waals surface area contributed by atoms with Gasteiger partial charge in [-0.25, -0.2) is 4.79 Å². The summed E-state index contributed by atoms with van der Waals surface area (Å²) in [4.78, 5) is 25.6. The smallest absolute Gasteiger partial charge is 0.346 e. The van der Waals surface area contributed by atoms with Gasteiger partial charge in [-0.3, -0.25) is 9.78 Å². The van der Waals surface area contributed by atoms with Gasteiger partial charge in [0.15, 0.2) is 0 Å². The average molecular weight is 323 g/mol. The maximum absolute atomic E-state index is 11.8. The highest BCUT2D eigenvalue weighted by Crippen LogP contribution is 2.11. The quantitative estimate of drug-likeness (QED) is 0.489. The van der Waals surface area contributed by atoms with Crippen LogP contribution >= 0.6 is 0 Å². The second kappa shape index (κ2) is 7.68. The number of aliphatic hydroxyl groups is 2. The van der Waals surface area contributed by atoms with E-state index in [1.807, 2.05) is 0 Å². The maximum atomic E-state index is 11.8. The normalized spacial score (nSPS) is 11.1. The van der Waals surface area contributed by atoms with E-state index in [9.17, 15) is 14.7 Å². The first-order chi connectivity index (χ1) is 11.0. The van der Waals surface area contributed by atoms with Crippen molar-refractivity contribution >= 4 is 0 Å². The molecule has 0 aliphatic rings. The first-order valence-corrected chi connectivity index (χ1v) is 6.85. The molecule has 1 heterocycles. The maximum Gasteiger partial charge on any atom is 0.346 e. The number of aromatic nitrogens is 3. The summed E-state index contributed by atoms with van der Waals surface area (Å²) in [7, 11) is 0. The number of phenols is 1. The number of nitrogens with one attached hydrogen (secondary N) is 1. The zero-order valence-electron chi connectivity index (χ0n) is 12.2. The van der Waals surface area contributed by atoms with Crippen LogP contribution in [-0.4, -0.2) is 49.4 Å². The first-order valence-electron chi connectivity index (χ1n) is 6.85. The zero-order chi connectivity index (χ0) is 16.8. The number of ether oxygens (including phenoxy) is 1. The van der Waals surface area contributed by atoms with Crippen molar-refractivity contribution in [3.05, 3.63) is 56.4 Å². The molecule has 1 aromatic heterocycles. The number of aromatic amines is 1. The lowest BCUT2D eigenvalue weighted by Crippen LogP contribution is -2.37. The molecule has 2 aromatic rings. The summed E-state index contributed by atoms with van der Waals surface area (Å²) < 4.78 is 6.01. The zero-order valence-corrected chi connectivity index (χ0v) is 12.2. The number of rotatable bonds is 7. The Bertz CT molecular complexity index is 748. The molecule has 9 nitrogen and oxygen atoms in total. The van der Waals surface area contributed by atoms with E-state index < -0.39 is 30.6 Å². The number of H-pyrrole nitrogens is 1. The molecule has 124 valence electrons. The van der Waals surface area contributed by atoms with Gasteiger partial charge < -0.3 is 20.1 Å². The minimum absolute atomic E-state index is 0.100. The van der Waals surface area contributed by atoms with Gasteiger partial charge in [0.25, 0.3) is 5.56 Å². The molecule has 0 saturated heterocycles. The third kappa shape index (κ3) is 4.49. The van der Waals surface area contributed by atoms with E-state index in [4.69, 9.17) is 14.9 Å². The van der Waals surface area contributed by atoms with Gasteiger partial charge in [-0.2, -0.15) is 9.78 Å². The second-order valence-corrected chi connectivity index (χ2v) is 4.83. The number of hydrogen-bond acceptors (Lipinski definition) is 7. The summed E-state index contributed by atoms with van der Waals surface area (Å²) in [5.41, 5.74) is -0.529. The van der Waals surface area contributed by atoms with Crippen molar-refractivity contribution in [3.8, 4) is 5.75 Å². The first kappa shape index (κ1) is 16.9. The molecule has 0 saturated carbocycles. The van der Waals surface area contributed by atoms with Gasteiger partial charge >= 0.3 is 5.69 Å². The molecule has 0 aliphatic carbocycles. The molecular weight excluding hydrogens is 306 g/mol. The molecule has 23 heavy (non-hydrogen) atoms. The average Bonchev–Trinajstić information content (AvgIpc) is 2.54. The largest absolute Gasteiger partial charge is 0.508 e. The number of aliphatic hydroxyl groups excluding tert-OH is 2. The molecule has 4 N–H and O–H groups in total. The fourth-order valence-electron chi connectivity index (χ4n) is 1.82. The van der Waals surface area contributed by atoms with Crippen LogP contribution in [0.2, 0.25) is 0 Å². The van der Waals surface area contributed by atoms with Crippen LogP contribution in [0.5, 0.6) is 5.75 Å². The fourth-order valence-corrected chi connectivity index (χ4v) is 1.82. The monoisotopic (exact) mass is 323 g/mol. The van der Waals surface area contributed by atoms with E-state index in [2.05, 4.69) is 10.1 Å². The van der Waals surface area contributed by atoms with Crippen LogP contribution in [0.3, 0.4) is 0 Å². The number of benzene rings is 1. The van der Waals surface area contributed by atoms with Crippen molar-refractivity contribution in [3.63, 3.8) is 0 Å². The predicted molar refractivity (Wildman–Crippen MR) is 79.1 cm³/mol. The Hall–Kier alpha value is -2.49. The lowest BCUT2D eigenvalue weighted by molar-refractivity contribution is -0.0556. The molecule has 0 unspecified atom stereocenters.